The van der Waals surface area contributed by atoms with Gasteiger partial charge in [0.1, 0.15) is 0 Å². The fourth-order valence-corrected chi connectivity index (χ4v) is 2.29. The molecule has 22 heavy (non-hydrogen) atoms. The van der Waals surface area contributed by atoms with Crippen molar-refractivity contribution in [2.45, 2.75) is 20.8 Å². The van der Waals surface area contributed by atoms with Crippen molar-refractivity contribution in [3.63, 3.8) is 0 Å². The molecule has 1 amide bonds. The number of para-hydroxylation sites is 1. The van der Waals surface area contributed by atoms with Crippen LogP contribution in [0.3, 0.4) is 0 Å². The molecule has 0 aliphatic carbocycles. The van der Waals surface area contributed by atoms with E-state index in [4.69, 9.17) is 0 Å². The molecule has 4 nitrogen and oxygen atoms in total. The van der Waals surface area contributed by atoms with E-state index in [0.717, 1.165) is 16.9 Å². The minimum atomic E-state index is -0.193. The first-order valence-electron chi connectivity index (χ1n) is 7.17. The number of benzene rings is 2. The van der Waals surface area contributed by atoms with E-state index in [1.54, 1.807) is 6.92 Å². The number of rotatable bonds is 2. The maximum absolute atomic E-state index is 12.6. The summed E-state index contributed by atoms with van der Waals surface area (Å²) in [6, 6.07) is 15.3. The first-order chi connectivity index (χ1) is 10.6. The molecule has 0 unspecified atom stereocenters. The van der Waals surface area contributed by atoms with Gasteiger partial charge in [0.25, 0.3) is 5.91 Å². The van der Waals surface area contributed by atoms with E-state index < -0.39 is 0 Å². The van der Waals surface area contributed by atoms with Crippen molar-refractivity contribution in [2.75, 3.05) is 5.01 Å². The van der Waals surface area contributed by atoms with E-state index in [9.17, 15) is 4.79 Å². The Balaban J connectivity index is 1.96. The summed E-state index contributed by atoms with van der Waals surface area (Å²) in [7, 11) is 0. The van der Waals surface area contributed by atoms with Crippen molar-refractivity contribution < 1.29 is 4.79 Å². The molecule has 0 N–H and O–H groups in total. The predicted octanol–water partition coefficient (Wildman–Crippen LogP) is 3.80. The molecule has 2 aromatic rings. The third-order valence-electron chi connectivity index (χ3n) is 3.72. The molecule has 0 fully saturated rings. The second-order valence-corrected chi connectivity index (χ2v) is 5.37. The van der Waals surface area contributed by atoms with Gasteiger partial charge in [-0.05, 0) is 56.2 Å². The number of amides is 1. The summed E-state index contributed by atoms with van der Waals surface area (Å²) < 4.78 is 0. The Labute approximate surface area is 129 Å². The van der Waals surface area contributed by atoms with Gasteiger partial charge in [0.2, 0.25) is 0 Å². The summed E-state index contributed by atoms with van der Waals surface area (Å²) in [5.74, 6) is -0.193. The Morgan fingerprint density at radius 3 is 2.36 bits per heavy atom. The van der Waals surface area contributed by atoms with Crippen LogP contribution >= 0.6 is 0 Å². The van der Waals surface area contributed by atoms with Crippen LogP contribution in [-0.2, 0) is 4.79 Å². The average Bonchev–Trinajstić information content (AvgIpc) is 2.80. The van der Waals surface area contributed by atoms with Gasteiger partial charge in [0.05, 0.1) is 17.1 Å². The van der Waals surface area contributed by atoms with Gasteiger partial charge in [-0.25, -0.2) is 4.99 Å². The molecule has 1 heterocycles. The molecule has 0 radical (unpaired) electrons. The van der Waals surface area contributed by atoms with Crippen LogP contribution < -0.4 is 5.01 Å². The van der Waals surface area contributed by atoms with Gasteiger partial charge >= 0.3 is 0 Å². The summed E-state index contributed by atoms with van der Waals surface area (Å²) in [4.78, 5) is 17.0. The number of nitrogens with zero attached hydrogens (tertiary/aromatic N) is 3. The van der Waals surface area contributed by atoms with Gasteiger partial charge in [-0.1, -0.05) is 24.3 Å². The van der Waals surface area contributed by atoms with E-state index in [2.05, 4.69) is 17.0 Å². The number of aryl methyl sites for hydroxylation is 2. The third-order valence-corrected chi connectivity index (χ3v) is 3.72. The van der Waals surface area contributed by atoms with E-state index in [1.807, 2.05) is 55.5 Å². The third kappa shape index (κ3) is 2.55. The van der Waals surface area contributed by atoms with Crippen molar-refractivity contribution in [3.05, 3.63) is 59.7 Å². The van der Waals surface area contributed by atoms with Crippen molar-refractivity contribution in [2.24, 2.45) is 10.1 Å². The first-order valence-corrected chi connectivity index (χ1v) is 7.17. The van der Waals surface area contributed by atoms with Crippen LogP contribution in [0.1, 0.15) is 18.1 Å². The molecule has 4 heteroatoms. The van der Waals surface area contributed by atoms with Crippen LogP contribution in [-0.4, -0.2) is 17.3 Å². The number of aliphatic imine (C=N–C) groups is 1. The van der Waals surface area contributed by atoms with Crippen LogP contribution in [0.4, 0.5) is 11.4 Å². The smallest absolute Gasteiger partial charge is 0.265 e. The van der Waals surface area contributed by atoms with Crippen LogP contribution in [0.25, 0.3) is 0 Å². The molecule has 1 aliphatic heterocycles. The lowest BCUT2D eigenvalue weighted by molar-refractivity contribution is -0.112. The number of hydrazone groups is 1. The largest absolute Gasteiger partial charge is 0.299 e. The number of carbonyl (C=O) groups is 1. The molecule has 0 aromatic heterocycles. The molecule has 110 valence electrons. The highest BCUT2D eigenvalue weighted by atomic mass is 16.2. The Bertz CT molecular complexity index is 791. The molecule has 0 saturated heterocycles. The van der Waals surface area contributed by atoms with E-state index >= 15 is 0 Å². The van der Waals surface area contributed by atoms with Crippen molar-refractivity contribution in [3.8, 4) is 0 Å². The molecule has 0 saturated carbocycles. The Hall–Kier alpha value is -2.75. The Morgan fingerprint density at radius 2 is 1.68 bits per heavy atom. The molecular formula is C18H17N3O. The standard InChI is InChI=1S/C18H17N3O/c1-12-9-10-15(11-13(12)2)19-17-14(3)20-21(18(17)22)16-7-5-4-6-8-16/h4-11H,1-3H3. The summed E-state index contributed by atoms with van der Waals surface area (Å²) in [5.41, 5.74) is 4.91. The lowest BCUT2D eigenvalue weighted by atomic mass is 10.1. The van der Waals surface area contributed by atoms with Crippen molar-refractivity contribution >= 4 is 28.7 Å². The molecule has 3 rings (SSSR count). The Morgan fingerprint density at radius 1 is 0.955 bits per heavy atom. The Kier molecular flexibility index (Phi) is 3.59. The molecule has 2 aromatic carbocycles. The normalized spacial score (nSPS) is 16.3. The summed E-state index contributed by atoms with van der Waals surface area (Å²) in [6.45, 7) is 5.89. The van der Waals surface area contributed by atoms with Gasteiger partial charge in [0.15, 0.2) is 5.71 Å². The van der Waals surface area contributed by atoms with Crippen LogP contribution in [0.2, 0.25) is 0 Å². The topological polar surface area (TPSA) is 45.0 Å². The molecule has 0 atom stereocenters. The predicted molar refractivity (Wildman–Crippen MR) is 90.0 cm³/mol. The highest BCUT2D eigenvalue weighted by Crippen LogP contribution is 2.22. The van der Waals surface area contributed by atoms with Crippen molar-refractivity contribution in [1.29, 1.82) is 0 Å². The van der Waals surface area contributed by atoms with E-state index in [1.165, 1.54) is 10.6 Å². The molecular weight excluding hydrogens is 274 g/mol. The van der Waals surface area contributed by atoms with Crippen LogP contribution in [0.15, 0.2) is 58.6 Å². The lowest BCUT2D eigenvalue weighted by Crippen LogP contribution is -2.27. The first kappa shape index (κ1) is 14.2. The summed E-state index contributed by atoms with van der Waals surface area (Å²) >= 11 is 0. The SMILES string of the molecule is CC1=NN(c2ccccc2)C(=O)C1=Nc1ccc(C)c(C)c1. The van der Waals surface area contributed by atoms with Gasteiger partial charge in [-0.15, -0.1) is 0 Å². The minimum absolute atomic E-state index is 0.193. The maximum atomic E-state index is 12.6. The van der Waals surface area contributed by atoms with Crippen LogP contribution in [0, 0.1) is 13.8 Å². The number of carbonyl (C=O) groups excluding carboxylic acids is 1. The maximum Gasteiger partial charge on any atom is 0.299 e. The quantitative estimate of drug-likeness (QED) is 0.830. The zero-order valence-electron chi connectivity index (χ0n) is 12.9. The van der Waals surface area contributed by atoms with Gasteiger partial charge in [-0.2, -0.15) is 10.1 Å². The van der Waals surface area contributed by atoms with Gasteiger partial charge in [0, 0.05) is 0 Å². The molecule has 0 spiro atoms. The fraction of sp³-hybridized carbons (Fsp3) is 0.167. The zero-order chi connectivity index (χ0) is 15.7. The highest BCUT2D eigenvalue weighted by Gasteiger charge is 2.30. The lowest BCUT2D eigenvalue weighted by Gasteiger charge is -2.10. The van der Waals surface area contributed by atoms with Gasteiger partial charge < -0.3 is 0 Å². The summed E-state index contributed by atoms with van der Waals surface area (Å²) in [6.07, 6.45) is 0. The van der Waals surface area contributed by atoms with Crippen LogP contribution in [0.5, 0.6) is 0 Å². The second-order valence-electron chi connectivity index (χ2n) is 5.37. The number of anilines is 1. The monoisotopic (exact) mass is 291 g/mol. The number of hydrogen-bond acceptors (Lipinski definition) is 3. The van der Waals surface area contributed by atoms with Gasteiger partial charge in [-0.3, -0.25) is 4.79 Å². The number of hydrogen-bond donors (Lipinski definition) is 0. The summed E-state index contributed by atoms with van der Waals surface area (Å²) in [5, 5.41) is 5.73. The minimum Gasteiger partial charge on any atom is -0.265 e. The highest BCUT2D eigenvalue weighted by molar-refractivity contribution is 6.71. The zero-order valence-corrected chi connectivity index (χ0v) is 12.9. The average molecular weight is 291 g/mol. The van der Waals surface area contributed by atoms with Crippen molar-refractivity contribution in [1.82, 2.24) is 0 Å². The van der Waals surface area contributed by atoms with E-state index in [0.29, 0.717) is 11.4 Å². The fourth-order valence-electron chi connectivity index (χ4n) is 2.29. The molecule has 1 aliphatic rings. The molecule has 0 bridgehead atoms. The second kappa shape index (κ2) is 5.56. The van der Waals surface area contributed by atoms with E-state index in [-0.39, 0.29) is 5.91 Å².